The number of nitrogens with two attached hydrogens (primary N) is 1. The van der Waals surface area contributed by atoms with Gasteiger partial charge < -0.3 is 5.73 Å². The third-order valence-electron chi connectivity index (χ3n) is 1.91. The van der Waals surface area contributed by atoms with Gasteiger partial charge in [0.25, 0.3) is 0 Å². The minimum absolute atomic E-state index is 0.122. The minimum atomic E-state index is 0.122. The molecule has 0 aliphatic heterocycles. The van der Waals surface area contributed by atoms with Crippen molar-refractivity contribution in [2.75, 3.05) is 0 Å². The third-order valence-corrected chi connectivity index (χ3v) is 2.75. The van der Waals surface area contributed by atoms with Crippen molar-refractivity contribution in [3.8, 4) is 0 Å². The molecule has 0 fully saturated rings. The molecule has 0 spiro atoms. The van der Waals surface area contributed by atoms with E-state index in [9.17, 15) is 0 Å². The Hall–Kier alpha value is 0.200. The van der Waals surface area contributed by atoms with Crippen molar-refractivity contribution in [1.82, 2.24) is 0 Å². The molecule has 1 atom stereocenters. The second-order valence-electron chi connectivity index (χ2n) is 3.10. The van der Waals surface area contributed by atoms with E-state index < -0.39 is 0 Å². The average molecular weight is 310 g/mol. The molecule has 0 radical (unpaired) electrons. The molecule has 1 rings (SSSR count). The molecule has 72 valence electrons. The highest BCUT2D eigenvalue weighted by Crippen LogP contribution is 2.22. The zero-order chi connectivity index (χ0) is 9.84. The van der Waals surface area contributed by atoms with Crippen LogP contribution in [0.5, 0.6) is 0 Å². The summed E-state index contributed by atoms with van der Waals surface area (Å²) in [5.41, 5.74) is 7.12. The summed E-state index contributed by atoms with van der Waals surface area (Å²) in [4.78, 5) is 0. The van der Waals surface area contributed by atoms with E-state index in [1.165, 1.54) is 0 Å². The first-order valence-corrected chi connectivity index (χ1v) is 5.80. The third kappa shape index (κ3) is 3.44. The minimum Gasteiger partial charge on any atom is -0.324 e. The van der Waals surface area contributed by atoms with E-state index in [0.717, 1.165) is 27.0 Å². The summed E-state index contributed by atoms with van der Waals surface area (Å²) < 4.78 is 1.15. The van der Waals surface area contributed by atoms with Gasteiger partial charge in [-0.1, -0.05) is 24.9 Å². The molecule has 0 heterocycles. The van der Waals surface area contributed by atoms with Gasteiger partial charge in [0, 0.05) is 14.6 Å². The molecule has 0 aromatic heterocycles. The largest absolute Gasteiger partial charge is 0.324 e. The maximum absolute atomic E-state index is 5.98. The van der Waals surface area contributed by atoms with Gasteiger partial charge in [-0.15, -0.1) is 0 Å². The summed E-state index contributed by atoms with van der Waals surface area (Å²) in [6.45, 7) is 2.13. The number of hydrogen-bond donors (Lipinski definition) is 1. The summed E-state index contributed by atoms with van der Waals surface area (Å²) in [7, 11) is 0. The maximum atomic E-state index is 5.98. The smallest absolute Gasteiger partial charge is 0.0419 e. The summed E-state index contributed by atoms with van der Waals surface area (Å²) in [6.07, 6.45) is 2.11. The molecule has 3 heteroatoms. The summed E-state index contributed by atoms with van der Waals surface area (Å²) in [6, 6.07) is 6.10. The Balaban J connectivity index is 2.87. The second-order valence-corrected chi connectivity index (χ2v) is 4.78. The van der Waals surface area contributed by atoms with E-state index in [1.807, 2.05) is 12.1 Å². The van der Waals surface area contributed by atoms with E-state index in [0.29, 0.717) is 0 Å². The molecule has 0 bridgehead atoms. The van der Waals surface area contributed by atoms with Gasteiger partial charge in [0.15, 0.2) is 0 Å². The average Bonchev–Trinajstić information content (AvgIpc) is 2.03. The lowest BCUT2D eigenvalue weighted by Gasteiger charge is -2.11. The van der Waals surface area contributed by atoms with Crippen molar-refractivity contribution in [1.29, 1.82) is 0 Å². The van der Waals surface area contributed by atoms with Crippen LogP contribution in [0.2, 0.25) is 5.02 Å². The van der Waals surface area contributed by atoms with Crippen molar-refractivity contribution in [2.45, 2.75) is 25.8 Å². The highest BCUT2D eigenvalue weighted by Gasteiger charge is 2.06. The van der Waals surface area contributed by atoms with Crippen molar-refractivity contribution in [3.05, 3.63) is 32.4 Å². The number of rotatable bonds is 3. The molecule has 0 aliphatic carbocycles. The van der Waals surface area contributed by atoms with Gasteiger partial charge in [-0.25, -0.2) is 0 Å². The Bertz CT molecular complexity index is 268. The fraction of sp³-hybridized carbons (Fsp3) is 0.400. The van der Waals surface area contributed by atoms with Crippen LogP contribution in [0.4, 0.5) is 0 Å². The van der Waals surface area contributed by atoms with Crippen LogP contribution in [0.1, 0.15) is 31.4 Å². The van der Waals surface area contributed by atoms with Gasteiger partial charge in [0.2, 0.25) is 0 Å². The Morgan fingerprint density at radius 3 is 2.69 bits per heavy atom. The van der Waals surface area contributed by atoms with Crippen molar-refractivity contribution in [3.63, 3.8) is 0 Å². The summed E-state index contributed by atoms with van der Waals surface area (Å²) >= 11 is 8.19. The number of benzene rings is 1. The van der Waals surface area contributed by atoms with Crippen molar-refractivity contribution >= 4 is 34.2 Å². The lowest BCUT2D eigenvalue weighted by Crippen LogP contribution is -2.09. The second kappa shape index (κ2) is 5.17. The van der Waals surface area contributed by atoms with Crippen LogP contribution in [-0.2, 0) is 0 Å². The zero-order valence-corrected chi connectivity index (χ0v) is 10.5. The van der Waals surface area contributed by atoms with E-state index in [4.69, 9.17) is 17.3 Å². The molecule has 0 amide bonds. The van der Waals surface area contributed by atoms with Gasteiger partial charge in [0.05, 0.1) is 0 Å². The molecule has 13 heavy (non-hydrogen) atoms. The predicted molar refractivity (Wildman–Crippen MR) is 66.0 cm³/mol. The van der Waals surface area contributed by atoms with E-state index >= 15 is 0 Å². The number of hydrogen-bond acceptors (Lipinski definition) is 1. The van der Waals surface area contributed by atoms with Gasteiger partial charge in [-0.3, -0.25) is 0 Å². The first-order chi connectivity index (χ1) is 6.13. The Morgan fingerprint density at radius 1 is 1.46 bits per heavy atom. The van der Waals surface area contributed by atoms with E-state index in [1.54, 1.807) is 0 Å². The fourth-order valence-corrected chi connectivity index (χ4v) is 2.39. The zero-order valence-electron chi connectivity index (χ0n) is 7.56. The van der Waals surface area contributed by atoms with Gasteiger partial charge in [-0.2, -0.15) is 0 Å². The van der Waals surface area contributed by atoms with E-state index in [2.05, 4.69) is 35.6 Å². The first-order valence-electron chi connectivity index (χ1n) is 4.35. The van der Waals surface area contributed by atoms with Crippen LogP contribution < -0.4 is 5.73 Å². The van der Waals surface area contributed by atoms with Crippen LogP contribution in [0.3, 0.4) is 0 Å². The molecule has 0 aliphatic rings. The molecule has 0 saturated heterocycles. The van der Waals surface area contributed by atoms with Crippen molar-refractivity contribution < 1.29 is 0 Å². The van der Waals surface area contributed by atoms with Gasteiger partial charge >= 0.3 is 0 Å². The Morgan fingerprint density at radius 2 is 2.15 bits per heavy atom. The molecular weight excluding hydrogens is 296 g/mol. The standard InChI is InChI=1S/C10H13ClIN/c1-2-3-10(13)7-4-8(11)6-9(12)5-7/h4-6,10H,2-3,13H2,1H3/t10-/m1/s1. The van der Waals surface area contributed by atoms with Gasteiger partial charge in [-0.05, 0) is 52.8 Å². The molecule has 1 aromatic rings. The normalized spacial score (nSPS) is 12.9. The van der Waals surface area contributed by atoms with Crippen LogP contribution in [0.25, 0.3) is 0 Å². The molecule has 0 saturated carbocycles. The van der Waals surface area contributed by atoms with Crippen molar-refractivity contribution in [2.24, 2.45) is 5.73 Å². The Kier molecular flexibility index (Phi) is 4.49. The van der Waals surface area contributed by atoms with E-state index in [-0.39, 0.29) is 6.04 Å². The predicted octanol–water partition coefficient (Wildman–Crippen LogP) is 3.74. The lowest BCUT2D eigenvalue weighted by atomic mass is 10.0. The monoisotopic (exact) mass is 309 g/mol. The maximum Gasteiger partial charge on any atom is 0.0419 e. The van der Waals surface area contributed by atoms with Crippen LogP contribution in [0, 0.1) is 3.57 Å². The Labute approximate surface area is 97.8 Å². The number of halogens is 2. The van der Waals surface area contributed by atoms with Crippen LogP contribution >= 0.6 is 34.2 Å². The quantitative estimate of drug-likeness (QED) is 0.846. The topological polar surface area (TPSA) is 26.0 Å². The molecule has 0 unspecified atom stereocenters. The van der Waals surface area contributed by atoms with Crippen LogP contribution in [0.15, 0.2) is 18.2 Å². The molecule has 2 N–H and O–H groups in total. The fourth-order valence-electron chi connectivity index (χ4n) is 1.27. The molecule has 1 aromatic carbocycles. The highest BCUT2D eigenvalue weighted by molar-refractivity contribution is 14.1. The highest BCUT2D eigenvalue weighted by atomic mass is 127. The molecule has 1 nitrogen and oxygen atoms in total. The molecular formula is C10H13ClIN. The summed E-state index contributed by atoms with van der Waals surface area (Å²) in [5, 5.41) is 0.772. The SMILES string of the molecule is CCC[C@@H](N)c1cc(Cl)cc(I)c1. The van der Waals surface area contributed by atoms with Crippen LogP contribution in [-0.4, -0.2) is 0 Å². The van der Waals surface area contributed by atoms with Gasteiger partial charge in [0.1, 0.15) is 0 Å². The first kappa shape index (κ1) is 11.3. The summed E-state index contributed by atoms with van der Waals surface area (Å²) in [5.74, 6) is 0. The lowest BCUT2D eigenvalue weighted by molar-refractivity contribution is 0.638.